The van der Waals surface area contributed by atoms with Crippen molar-refractivity contribution < 1.29 is 18.4 Å². The van der Waals surface area contributed by atoms with E-state index in [0.29, 0.717) is 0 Å². The summed E-state index contributed by atoms with van der Waals surface area (Å²) in [6, 6.07) is 2.24. The van der Waals surface area contributed by atoms with Gasteiger partial charge in [0.1, 0.15) is 17.3 Å². The number of anilines is 1. The van der Waals surface area contributed by atoms with Crippen molar-refractivity contribution in [2.45, 2.75) is 38.8 Å². The predicted octanol–water partition coefficient (Wildman–Crippen LogP) is 1.98. The molecular formula is C16H22ClF2N3O2. The standard InChI is InChI=1S/C16H21F2N3O2.ClH/c1-3-9(2)14(19)16(23)20-10-7-13(22)21(8-10)15-11(17)5-4-6-12(15)18;/h4-6,9-10,14H,3,7-8,19H2,1-2H3,(H,20,23);1H. The molecule has 1 aliphatic heterocycles. The smallest absolute Gasteiger partial charge is 0.237 e. The van der Waals surface area contributed by atoms with Crippen molar-refractivity contribution in [1.82, 2.24) is 5.32 Å². The summed E-state index contributed by atoms with van der Waals surface area (Å²) in [7, 11) is 0. The van der Waals surface area contributed by atoms with E-state index in [1.165, 1.54) is 6.07 Å². The summed E-state index contributed by atoms with van der Waals surface area (Å²) in [5, 5.41) is 2.69. The Bertz CT molecular complexity index is 595. The van der Waals surface area contributed by atoms with Crippen LogP contribution in [0.5, 0.6) is 0 Å². The molecule has 8 heteroatoms. The molecule has 1 aromatic carbocycles. The van der Waals surface area contributed by atoms with Gasteiger partial charge in [0.25, 0.3) is 0 Å². The highest BCUT2D eigenvalue weighted by Gasteiger charge is 2.35. The minimum Gasteiger partial charge on any atom is -0.350 e. The maximum absolute atomic E-state index is 13.8. The van der Waals surface area contributed by atoms with Gasteiger partial charge in [-0.25, -0.2) is 8.78 Å². The number of carbonyl (C=O) groups excluding carboxylic acids is 2. The third kappa shape index (κ3) is 4.21. The first kappa shape index (κ1) is 20.3. The lowest BCUT2D eigenvalue weighted by Gasteiger charge is -2.21. The molecular weight excluding hydrogens is 340 g/mol. The molecule has 0 saturated carbocycles. The van der Waals surface area contributed by atoms with Gasteiger partial charge in [0.15, 0.2) is 0 Å². The summed E-state index contributed by atoms with van der Waals surface area (Å²) in [4.78, 5) is 25.1. The molecule has 0 spiro atoms. The highest BCUT2D eigenvalue weighted by atomic mass is 35.5. The summed E-state index contributed by atoms with van der Waals surface area (Å²) in [6.07, 6.45) is 0.748. The van der Waals surface area contributed by atoms with Gasteiger partial charge in [-0.05, 0) is 18.1 Å². The SMILES string of the molecule is CCC(C)C(N)C(=O)NC1CC(=O)N(c2c(F)cccc2F)C1.Cl. The number of nitrogens with zero attached hydrogens (tertiary/aromatic N) is 1. The Morgan fingerprint density at radius 3 is 2.54 bits per heavy atom. The topological polar surface area (TPSA) is 75.4 Å². The maximum atomic E-state index is 13.8. The van der Waals surface area contributed by atoms with Crippen molar-refractivity contribution in [3.63, 3.8) is 0 Å². The van der Waals surface area contributed by atoms with Gasteiger partial charge in [-0.2, -0.15) is 0 Å². The van der Waals surface area contributed by atoms with Crippen molar-refractivity contribution in [2.75, 3.05) is 11.4 Å². The lowest BCUT2D eigenvalue weighted by Crippen LogP contribution is -2.49. The van der Waals surface area contributed by atoms with Gasteiger partial charge in [0, 0.05) is 13.0 Å². The van der Waals surface area contributed by atoms with Crippen LogP contribution in [0.3, 0.4) is 0 Å². The van der Waals surface area contributed by atoms with Crippen molar-refractivity contribution in [3.8, 4) is 0 Å². The summed E-state index contributed by atoms with van der Waals surface area (Å²) in [6.45, 7) is 3.82. The zero-order valence-corrected chi connectivity index (χ0v) is 14.4. The molecule has 0 aliphatic carbocycles. The van der Waals surface area contributed by atoms with Crippen molar-refractivity contribution in [1.29, 1.82) is 0 Å². The molecule has 1 saturated heterocycles. The molecule has 24 heavy (non-hydrogen) atoms. The quantitative estimate of drug-likeness (QED) is 0.842. The number of para-hydroxylation sites is 1. The molecule has 1 fully saturated rings. The zero-order valence-electron chi connectivity index (χ0n) is 13.6. The molecule has 1 aliphatic rings. The normalized spacial score (nSPS) is 19.6. The van der Waals surface area contributed by atoms with Crippen LogP contribution < -0.4 is 16.0 Å². The van der Waals surface area contributed by atoms with E-state index in [1.54, 1.807) is 0 Å². The number of halogens is 3. The average Bonchev–Trinajstić information content (AvgIpc) is 2.85. The van der Waals surface area contributed by atoms with E-state index in [4.69, 9.17) is 5.73 Å². The molecule has 5 nitrogen and oxygen atoms in total. The highest BCUT2D eigenvalue weighted by molar-refractivity contribution is 5.97. The first-order valence-corrected chi connectivity index (χ1v) is 7.65. The van der Waals surface area contributed by atoms with E-state index in [-0.39, 0.29) is 42.9 Å². The third-order valence-corrected chi connectivity index (χ3v) is 4.24. The fourth-order valence-electron chi connectivity index (χ4n) is 2.58. The molecule has 0 aromatic heterocycles. The van der Waals surface area contributed by atoms with Crippen LogP contribution in [-0.2, 0) is 9.59 Å². The number of benzene rings is 1. The Hall–Kier alpha value is -1.73. The van der Waals surface area contributed by atoms with Gasteiger partial charge in [0.05, 0.1) is 12.1 Å². The highest BCUT2D eigenvalue weighted by Crippen LogP contribution is 2.27. The van der Waals surface area contributed by atoms with Crippen molar-refractivity contribution >= 4 is 29.9 Å². The largest absolute Gasteiger partial charge is 0.350 e. The zero-order chi connectivity index (χ0) is 17.1. The van der Waals surface area contributed by atoms with Crippen LogP contribution >= 0.6 is 12.4 Å². The van der Waals surface area contributed by atoms with Crippen LogP contribution in [0, 0.1) is 17.6 Å². The molecule has 134 valence electrons. The van der Waals surface area contributed by atoms with E-state index in [9.17, 15) is 18.4 Å². The van der Waals surface area contributed by atoms with Gasteiger partial charge in [-0.3, -0.25) is 9.59 Å². The number of carbonyl (C=O) groups is 2. The average molecular weight is 362 g/mol. The third-order valence-electron chi connectivity index (χ3n) is 4.24. The number of hydrogen-bond donors (Lipinski definition) is 2. The number of amides is 2. The van der Waals surface area contributed by atoms with Crippen molar-refractivity contribution in [2.24, 2.45) is 11.7 Å². The van der Waals surface area contributed by atoms with Crippen LogP contribution in [0.15, 0.2) is 18.2 Å². The molecule has 0 bridgehead atoms. The van der Waals surface area contributed by atoms with E-state index in [2.05, 4.69) is 5.32 Å². The number of nitrogens with two attached hydrogens (primary N) is 1. The summed E-state index contributed by atoms with van der Waals surface area (Å²) in [5.41, 5.74) is 5.47. The van der Waals surface area contributed by atoms with Crippen LogP contribution in [0.2, 0.25) is 0 Å². The minimum atomic E-state index is -0.804. The number of nitrogens with one attached hydrogen (secondary N) is 1. The van der Waals surface area contributed by atoms with E-state index >= 15 is 0 Å². The number of hydrogen-bond acceptors (Lipinski definition) is 3. The Balaban J connectivity index is 0.00000288. The Kier molecular flexibility index (Phi) is 7.10. The lowest BCUT2D eigenvalue weighted by atomic mass is 9.99. The summed E-state index contributed by atoms with van der Waals surface area (Å²) in [5.74, 6) is -2.39. The van der Waals surface area contributed by atoms with Gasteiger partial charge >= 0.3 is 0 Å². The van der Waals surface area contributed by atoms with E-state index in [1.807, 2.05) is 13.8 Å². The van der Waals surface area contributed by atoms with E-state index in [0.717, 1.165) is 23.5 Å². The first-order valence-electron chi connectivity index (χ1n) is 7.65. The lowest BCUT2D eigenvalue weighted by molar-refractivity contribution is -0.124. The van der Waals surface area contributed by atoms with Crippen LogP contribution in [0.4, 0.5) is 14.5 Å². The fraction of sp³-hybridized carbons (Fsp3) is 0.500. The second-order valence-electron chi connectivity index (χ2n) is 5.90. The Morgan fingerprint density at radius 2 is 2.00 bits per heavy atom. The van der Waals surface area contributed by atoms with Gasteiger partial charge in [0.2, 0.25) is 11.8 Å². The second kappa shape index (κ2) is 8.39. The van der Waals surface area contributed by atoms with Gasteiger partial charge in [-0.15, -0.1) is 12.4 Å². The molecule has 0 radical (unpaired) electrons. The number of rotatable bonds is 5. The summed E-state index contributed by atoms with van der Waals surface area (Å²) >= 11 is 0. The van der Waals surface area contributed by atoms with E-state index < -0.39 is 29.6 Å². The first-order chi connectivity index (χ1) is 10.8. The minimum absolute atomic E-state index is 0. The summed E-state index contributed by atoms with van der Waals surface area (Å²) < 4.78 is 27.6. The van der Waals surface area contributed by atoms with Crippen molar-refractivity contribution in [3.05, 3.63) is 29.8 Å². The van der Waals surface area contributed by atoms with Crippen LogP contribution in [-0.4, -0.2) is 30.4 Å². The second-order valence-corrected chi connectivity index (χ2v) is 5.90. The molecule has 2 amide bonds. The molecule has 3 unspecified atom stereocenters. The Labute approximate surface area is 146 Å². The van der Waals surface area contributed by atoms with Gasteiger partial charge in [-0.1, -0.05) is 26.3 Å². The van der Waals surface area contributed by atoms with Gasteiger partial charge < -0.3 is 16.0 Å². The van der Waals surface area contributed by atoms with Crippen LogP contribution in [0.1, 0.15) is 26.7 Å². The molecule has 3 N–H and O–H groups in total. The molecule has 1 aromatic rings. The predicted molar refractivity (Wildman–Crippen MR) is 89.9 cm³/mol. The Morgan fingerprint density at radius 1 is 1.42 bits per heavy atom. The molecule has 3 atom stereocenters. The molecule has 2 rings (SSSR count). The molecule has 1 heterocycles. The maximum Gasteiger partial charge on any atom is 0.237 e. The monoisotopic (exact) mass is 361 g/mol. The fourth-order valence-corrected chi connectivity index (χ4v) is 2.58. The van der Waals surface area contributed by atoms with Crippen LogP contribution in [0.25, 0.3) is 0 Å².